The first kappa shape index (κ1) is 3.49. The van der Waals surface area contributed by atoms with E-state index in [0.29, 0.717) is 6.67 Å². The smallest absolute Gasteiger partial charge is 0.105 e. The lowest BCUT2D eigenvalue weighted by molar-refractivity contribution is 0.559. The van der Waals surface area contributed by atoms with Crippen LogP contribution in [0.15, 0.2) is 12.4 Å². The van der Waals surface area contributed by atoms with Crippen molar-refractivity contribution >= 4 is 0 Å². The molecule has 0 aliphatic carbocycles. The lowest BCUT2D eigenvalue weighted by atomic mass is 10.8. The standard InChI is InChI=1S/C3H6N3/c1-2-5-6-3-4-1/h1-2,5-6H,3H2. The summed E-state index contributed by atoms with van der Waals surface area (Å²) in [5.74, 6) is 0. The van der Waals surface area contributed by atoms with Crippen LogP contribution in [0.5, 0.6) is 0 Å². The third-order valence-corrected chi connectivity index (χ3v) is 0.536. The molecule has 0 spiro atoms. The summed E-state index contributed by atoms with van der Waals surface area (Å²) in [6, 6.07) is 0. The Morgan fingerprint density at radius 2 is 2.67 bits per heavy atom. The minimum atomic E-state index is 0.677. The molecule has 6 heavy (non-hydrogen) atoms. The van der Waals surface area contributed by atoms with Crippen LogP contribution in [-0.2, 0) is 0 Å². The maximum atomic E-state index is 3.82. The van der Waals surface area contributed by atoms with Crippen LogP contribution in [0.1, 0.15) is 0 Å². The molecule has 0 aromatic heterocycles. The Kier molecular flexibility index (Phi) is 0.969. The Bertz CT molecular complexity index is 51.1. The summed E-state index contributed by atoms with van der Waals surface area (Å²) >= 11 is 0. The predicted octanol–water partition coefficient (Wildman–Crippen LogP) is -0.873. The zero-order valence-corrected chi connectivity index (χ0v) is 3.31. The summed E-state index contributed by atoms with van der Waals surface area (Å²) < 4.78 is 0. The average Bonchev–Trinajstić information content (AvgIpc) is 1.72. The number of nitrogens with zero attached hydrogens (tertiary/aromatic N) is 1. The molecular formula is C3H6N3. The van der Waals surface area contributed by atoms with E-state index >= 15 is 0 Å². The molecule has 33 valence electrons. The summed E-state index contributed by atoms with van der Waals surface area (Å²) in [7, 11) is 0. The second kappa shape index (κ2) is 1.67. The average molecular weight is 84.1 g/mol. The second-order valence-electron chi connectivity index (χ2n) is 0.978. The molecule has 0 saturated carbocycles. The molecule has 3 heteroatoms. The van der Waals surface area contributed by atoms with Gasteiger partial charge in [0.15, 0.2) is 0 Å². The van der Waals surface area contributed by atoms with E-state index in [9.17, 15) is 0 Å². The number of hydrogen-bond donors (Lipinski definition) is 2. The molecule has 0 amide bonds. The number of rotatable bonds is 0. The first-order chi connectivity index (χ1) is 3.00. The van der Waals surface area contributed by atoms with Crippen LogP contribution in [-0.4, -0.2) is 6.67 Å². The van der Waals surface area contributed by atoms with Crippen LogP contribution in [0.3, 0.4) is 0 Å². The van der Waals surface area contributed by atoms with E-state index in [1.165, 1.54) is 0 Å². The quantitative estimate of drug-likeness (QED) is 0.400. The highest BCUT2D eigenvalue weighted by atomic mass is 15.4. The minimum absolute atomic E-state index is 0.677. The maximum absolute atomic E-state index is 3.82. The van der Waals surface area contributed by atoms with Gasteiger partial charge in [-0.05, 0) is 0 Å². The van der Waals surface area contributed by atoms with Crippen LogP contribution in [0.2, 0.25) is 0 Å². The molecule has 0 bridgehead atoms. The van der Waals surface area contributed by atoms with E-state index in [-0.39, 0.29) is 0 Å². The Morgan fingerprint density at radius 1 is 1.67 bits per heavy atom. The molecule has 0 aromatic rings. The van der Waals surface area contributed by atoms with Crippen molar-refractivity contribution in [2.45, 2.75) is 0 Å². The number of hydrogen-bond acceptors (Lipinski definition) is 2. The monoisotopic (exact) mass is 84.1 g/mol. The zero-order chi connectivity index (χ0) is 4.24. The summed E-state index contributed by atoms with van der Waals surface area (Å²) in [5, 5.41) is 3.82. The topological polar surface area (TPSA) is 38.2 Å². The van der Waals surface area contributed by atoms with Crippen LogP contribution < -0.4 is 16.2 Å². The van der Waals surface area contributed by atoms with Crippen LogP contribution >= 0.6 is 0 Å². The minimum Gasteiger partial charge on any atom is -0.325 e. The molecule has 1 rings (SSSR count). The second-order valence-corrected chi connectivity index (χ2v) is 0.978. The summed E-state index contributed by atoms with van der Waals surface area (Å²) in [6.07, 6.45) is 3.46. The van der Waals surface area contributed by atoms with E-state index in [0.717, 1.165) is 0 Å². The molecule has 0 unspecified atom stereocenters. The highest BCUT2D eigenvalue weighted by Crippen LogP contribution is 1.64. The van der Waals surface area contributed by atoms with Gasteiger partial charge in [-0.1, -0.05) is 0 Å². The lowest BCUT2D eigenvalue weighted by Crippen LogP contribution is -2.35. The maximum Gasteiger partial charge on any atom is 0.105 e. The molecule has 0 fully saturated rings. The van der Waals surface area contributed by atoms with Gasteiger partial charge in [0.05, 0.1) is 0 Å². The van der Waals surface area contributed by atoms with E-state index in [1.54, 1.807) is 12.4 Å². The molecule has 1 aliphatic heterocycles. The predicted molar refractivity (Wildman–Crippen MR) is 22.4 cm³/mol. The molecule has 0 atom stereocenters. The third-order valence-electron chi connectivity index (χ3n) is 0.536. The van der Waals surface area contributed by atoms with Crippen molar-refractivity contribution in [2.75, 3.05) is 6.67 Å². The van der Waals surface area contributed by atoms with Crippen molar-refractivity contribution in [3.8, 4) is 0 Å². The van der Waals surface area contributed by atoms with Gasteiger partial charge in [0, 0.05) is 12.4 Å². The molecule has 1 heterocycles. The fourth-order valence-corrected chi connectivity index (χ4v) is 0.293. The first-order valence-electron chi connectivity index (χ1n) is 1.80. The van der Waals surface area contributed by atoms with Gasteiger partial charge < -0.3 is 5.43 Å². The lowest BCUT2D eigenvalue weighted by Gasteiger charge is -2.05. The van der Waals surface area contributed by atoms with Gasteiger partial charge in [0.25, 0.3) is 0 Å². The van der Waals surface area contributed by atoms with Crippen molar-refractivity contribution in [1.82, 2.24) is 16.2 Å². The molecule has 3 nitrogen and oxygen atoms in total. The van der Waals surface area contributed by atoms with Gasteiger partial charge in [-0.25, -0.2) is 5.43 Å². The highest BCUT2D eigenvalue weighted by Gasteiger charge is 1.81. The SMILES string of the molecule is C1=CNNC[N]1. The largest absolute Gasteiger partial charge is 0.325 e. The molecule has 1 radical (unpaired) electrons. The van der Waals surface area contributed by atoms with Gasteiger partial charge >= 0.3 is 0 Å². The van der Waals surface area contributed by atoms with E-state index < -0.39 is 0 Å². The Morgan fingerprint density at radius 3 is 2.83 bits per heavy atom. The first-order valence-corrected chi connectivity index (χ1v) is 1.80. The van der Waals surface area contributed by atoms with Crippen LogP contribution in [0, 0.1) is 0 Å². The van der Waals surface area contributed by atoms with Gasteiger partial charge in [0.1, 0.15) is 6.67 Å². The van der Waals surface area contributed by atoms with E-state index in [4.69, 9.17) is 0 Å². The van der Waals surface area contributed by atoms with Crippen molar-refractivity contribution in [1.29, 1.82) is 0 Å². The van der Waals surface area contributed by atoms with Crippen molar-refractivity contribution in [2.24, 2.45) is 0 Å². The molecule has 1 aliphatic rings. The zero-order valence-electron chi connectivity index (χ0n) is 3.31. The molecule has 0 aromatic carbocycles. The van der Waals surface area contributed by atoms with Crippen molar-refractivity contribution in [3.05, 3.63) is 12.4 Å². The molecule has 0 saturated heterocycles. The summed E-state index contributed by atoms with van der Waals surface area (Å²) in [4.78, 5) is 0. The van der Waals surface area contributed by atoms with Gasteiger partial charge in [-0.15, -0.1) is 0 Å². The van der Waals surface area contributed by atoms with Crippen LogP contribution in [0.25, 0.3) is 0 Å². The Hall–Kier alpha value is -0.700. The number of hydrazine groups is 1. The van der Waals surface area contributed by atoms with E-state index in [1.807, 2.05) is 0 Å². The van der Waals surface area contributed by atoms with Gasteiger partial charge in [-0.3, -0.25) is 5.32 Å². The Labute approximate surface area is 36.4 Å². The summed E-state index contributed by atoms with van der Waals surface area (Å²) in [5.41, 5.74) is 5.54. The molecular weight excluding hydrogens is 78.1 g/mol. The van der Waals surface area contributed by atoms with Crippen molar-refractivity contribution < 1.29 is 0 Å². The number of nitrogens with one attached hydrogen (secondary N) is 2. The highest BCUT2D eigenvalue weighted by molar-refractivity contribution is 4.77. The van der Waals surface area contributed by atoms with Gasteiger partial charge in [-0.2, -0.15) is 0 Å². The van der Waals surface area contributed by atoms with Crippen molar-refractivity contribution in [3.63, 3.8) is 0 Å². The summed E-state index contributed by atoms with van der Waals surface area (Å²) in [6.45, 7) is 0.677. The molecule has 2 N–H and O–H groups in total. The Balaban J connectivity index is 2.26. The van der Waals surface area contributed by atoms with E-state index in [2.05, 4.69) is 16.2 Å². The normalized spacial score (nSPS) is 18.7. The third kappa shape index (κ3) is 0.621. The fraction of sp³-hybridized carbons (Fsp3) is 0.333. The van der Waals surface area contributed by atoms with Gasteiger partial charge in [0.2, 0.25) is 0 Å². The van der Waals surface area contributed by atoms with Crippen LogP contribution in [0.4, 0.5) is 0 Å². The fourth-order valence-electron chi connectivity index (χ4n) is 0.293.